The van der Waals surface area contributed by atoms with E-state index in [1.54, 1.807) is 0 Å². The highest BCUT2D eigenvalue weighted by Crippen LogP contribution is 2.46. The zero-order valence-electron chi connectivity index (χ0n) is 11.6. The smallest absolute Gasteiger partial charge is 0.305 e. The molecule has 3 rings (SSSR count). The number of ether oxygens (including phenoxy) is 1. The average molecular weight is 289 g/mol. The monoisotopic (exact) mass is 289 g/mol. The number of thiocarbonyl (C=S) groups is 1. The Morgan fingerprint density at radius 2 is 2.20 bits per heavy atom. The first-order valence-corrected chi connectivity index (χ1v) is 7.60. The van der Waals surface area contributed by atoms with Crippen molar-refractivity contribution in [1.82, 2.24) is 0 Å². The van der Waals surface area contributed by atoms with Crippen LogP contribution in [-0.2, 0) is 16.0 Å². The van der Waals surface area contributed by atoms with E-state index in [9.17, 15) is 4.79 Å². The van der Waals surface area contributed by atoms with Gasteiger partial charge in [-0.3, -0.25) is 4.79 Å². The number of methoxy groups -OCH3 is 1. The quantitative estimate of drug-likeness (QED) is 0.683. The van der Waals surface area contributed by atoms with Crippen molar-refractivity contribution in [1.29, 1.82) is 0 Å². The molecule has 1 saturated carbocycles. The Balaban J connectivity index is 1.81. The van der Waals surface area contributed by atoms with Gasteiger partial charge in [0.15, 0.2) is 0 Å². The zero-order valence-corrected chi connectivity index (χ0v) is 12.5. The highest BCUT2D eigenvalue weighted by Gasteiger charge is 2.36. The molecule has 0 radical (unpaired) electrons. The summed E-state index contributed by atoms with van der Waals surface area (Å²) in [6.45, 7) is 0. The van der Waals surface area contributed by atoms with Crippen molar-refractivity contribution in [2.24, 2.45) is 5.92 Å². The first-order chi connectivity index (χ1) is 9.69. The number of esters is 1. The summed E-state index contributed by atoms with van der Waals surface area (Å²) in [6, 6.07) is 6.48. The maximum Gasteiger partial charge on any atom is 0.305 e. The summed E-state index contributed by atoms with van der Waals surface area (Å²) in [4.78, 5) is 12.2. The lowest BCUT2D eigenvalue weighted by atomic mass is 9.84. The molecule has 4 heteroatoms. The molecule has 1 fully saturated rings. The van der Waals surface area contributed by atoms with E-state index < -0.39 is 0 Å². The third-order valence-electron chi connectivity index (χ3n) is 4.47. The van der Waals surface area contributed by atoms with Crippen molar-refractivity contribution in [2.75, 3.05) is 12.4 Å². The lowest BCUT2D eigenvalue weighted by Gasteiger charge is -2.30. The van der Waals surface area contributed by atoms with Crippen LogP contribution in [0.25, 0.3) is 0 Å². The Bertz CT molecular complexity index is 555. The number of fused-ring (bicyclic) bond motifs is 3. The predicted molar refractivity (Wildman–Crippen MR) is 83.1 cm³/mol. The van der Waals surface area contributed by atoms with Gasteiger partial charge in [-0.15, -0.1) is 0 Å². The number of benzene rings is 1. The van der Waals surface area contributed by atoms with Crippen LogP contribution in [0.15, 0.2) is 18.2 Å². The van der Waals surface area contributed by atoms with Gasteiger partial charge in [0, 0.05) is 18.0 Å². The summed E-state index contributed by atoms with van der Waals surface area (Å²) in [5.74, 6) is 0.953. The molecule has 0 saturated heterocycles. The van der Waals surface area contributed by atoms with Crippen LogP contribution in [0.5, 0.6) is 0 Å². The molecule has 0 spiro atoms. The molecule has 3 nitrogen and oxygen atoms in total. The van der Waals surface area contributed by atoms with Gasteiger partial charge in [-0.1, -0.05) is 30.8 Å². The van der Waals surface area contributed by atoms with Gasteiger partial charge in [-0.2, -0.15) is 0 Å². The molecular weight excluding hydrogens is 270 g/mol. The van der Waals surface area contributed by atoms with E-state index >= 15 is 0 Å². The summed E-state index contributed by atoms with van der Waals surface area (Å²) in [7, 11) is 1.43. The Kier molecular flexibility index (Phi) is 3.74. The minimum absolute atomic E-state index is 0.165. The summed E-state index contributed by atoms with van der Waals surface area (Å²) in [5.41, 5.74) is 3.68. The Hall–Kier alpha value is -1.42. The molecule has 2 unspecified atom stereocenters. The summed E-state index contributed by atoms with van der Waals surface area (Å²) in [6.07, 6.45) is 4.84. The second kappa shape index (κ2) is 5.52. The van der Waals surface area contributed by atoms with Crippen LogP contribution < -0.4 is 5.32 Å². The first kappa shape index (κ1) is 13.6. The summed E-state index contributed by atoms with van der Waals surface area (Å²) in [5, 5.41) is 3.39. The minimum Gasteiger partial charge on any atom is -0.469 e. The topological polar surface area (TPSA) is 38.3 Å². The van der Waals surface area contributed by atoms with Gasteiger partial charge in [-0.25, -0.2) is 0 Å². The number of rotatable bonds is 3. The third kappa shape index (κ3) is 2.44. The van der Waals surface area contributed by atoms with Gasteiger partial charge in [0.25, 0.3) is 0 Å². The number of aryl methyl sites for hydroxylation is 1. The fourth-order valence-electron chi connectivity index (χ4n) is 3.41. The predicted octanol–water partition coefficient (Wildman–Crippen LogP) is 3.43. The van der Waals surface area contributed by atoms with E-state index in [0.717, 1.165) is 16.2 Å². The van der Waals surface area contributed by atoms with Gasteiger partial charge < -0.3 is 10.1 Å². The lowest BCUT2D eigenvalue weighted by molar-refractivity contribution is -0.140. The molecule has 0 amide bonds. The molecule has 1 aromatic rings. The molecule has 20 heavy (non-hydrogen) atoms. The highest BCUT2D eigenvalue weighted by atomic mass is 32.1. The van der Waals surface area contributed by atoms with Crippen LogP contribution in [0.1, 0.15) is 42.7 Å². The highest BCUT2D eigenvalue weighted by molar-refractivity contribution is 7.80. The largest absolute Gasteiger partial charge is 0.469 e. The lowest BCUT2D eigenvalue weighted by Crippen LogP contribution is -2.29. The average Bonchev–Trinajstić information content (AvgIpc) is 2.94. The SMILES string of the molecule is COC(=O)CCc1ccc2c(c1)NC(=S)C1CCCC21. The number of anilines is 1. The van der Waals surface area contributed by atoms with Crippen LogP contribution in [0.2, 0.25) is 0 Å². The summed E-state index contributed by atoms with van der Waals surface area (Å²) >= 11 is 5.50. The molecule has 0 aromatic heterocycles. The second-order valence-electron chi connectivity index (χ2n) is 5.63. The Labute approximate surface area is 124 Å². The molecule has 0 bridgehead atoms. The van der Waals surface area contributed by atoms with E-state index in [4.69, 9.17) is 12.2 Å². The van der Waals surface area contributed by atoms with Crippen LogP contribution >= 0.6 is 12.2 Å². The maximum absolute atomic E-state index is 11.2. The van der Waals surface area contributed by atoms with Crippen molar-refractivity contribution in [2.45, 2.75) is 38.0 Å². The van der Waals surface area contributed by atoms with Gasteiger partial charge in [-0.05, 0) is 42.4 Å². The maximum atomic E-state index is 11.2. The van der Waals surface area contributed by atoms with E-state index in [2.05, 4.69) is 28.3 Å². The van der Waals surface area contributed by atoms with E-state index in [0.29, 0.717) is 24.7 Å². The van der Waals surface area contributed by atoms with Crippen molar-refractivity contribution in [3.05, 3.63) is 29.3 Å². The van der Waals surface area contributed by atoms with Crippen LogP contribution in [0.3, 0.4) is 0 Å². The fraction of sp³-hybridized carbons (Fsp3) is 0.500. The van der Waals surface area contributed by atoms with Crippen molar-refractivity contribution in [3.63, 3.8) is 0 Å². The molecule has 2 aliphatic rings. The molecule has 1 aromatic carbocycles. The molecule has 2 atom stereocenters. The van der Waals surface area contributed by atoms with Gasteiger partial charge in [0.05, 0.1) is 12.1 Å². The van der Waals surface area contributed by atoms with Crippen molar-refractivity contribution in [3.8, 4) is 0 Å². The van der Waals surface area contributed by atoms with Crippen molar-refractivity contribution < 1.29 is 9.53 Å². The molecule has 1 aliphatic heterocycles. The third-order valence-corrected chi connectivity index (χ3v) is 4.88. The standard InChI is InChI=1S/C16H19NO2S/c1-19-15(18)8-6-10-5-7-12-11-3-2-4-13(11)16(20)17-14(12)9-10/h5,7,9,11,13H,2-4,6,8H2,1H3,(H,17,20). The van der Waals surface area contributed by atoms with Gasteiger partial charge >= 0.3 is 5.97 Å². The van der Waals surface area contributed by atoms with Crippen molar-refractivity contribution >= 4 is 28.9 Å². The number of hydrogen-bond donors (Lipinski definition) is 1. The van der Waals surface area contributed by atoms with E-state index in [1.165, 1.54) is 31.9 Å². The fourth-order valence-corrected chi connectivity index (χ4v) is 3.80. The second-order valence-corrected chi connectivity index (χ2v) is 6.07. The van der Waals surface area contributed by atoms with Crippen LogP contribution in [-0.4, -0.2) is 18.1 Å². The van der Waals surface area contributed by atoms with E-state index in [-0.39, 0.29) is 5.97 Å². The molecule has 1 aliphatic carbocycles. The van der Waals surface area contributed by atoms with E-state index in [1.807, 2.05) is 0 Å². The number of nitrogens with one attached hydrogen (secondary N) is 1. The summed E-state index contributed by atoms with van der Waals surface area (Å²) < 4.78 is 4.68. The molecular formula is C16H19NO2S. The van der Waals surface area contributed by atoms with Gasteiger partial charge in [0.1, 0.15) is 0 Å². The zero-order chi connectivity index (χ0) is 14.1. The first-order valence-electron chi connectivity index (χ1n) is 7.19. The number of hydrogen-bond acceptors (Lipinski definition) is 3. The number of carbonyl (C=O) groups is 1. The molecule has 1 N–H and O–H groups in total. The van der Waals surface area contributed by atoms with Crippen LogP contribution in [0.4, 0.5) is 5.69 Å². The molecule has 106 valence electrons. The number of carbonyl (C=O) groups excluding carboxylic acids is 1. The van der Waals surface area contributed by atoms with Crippen LogP contribution in [0, 0.1) is 5.92 Å². The minimum atomic E-state index is -0.165. The normalized spacial score (nSPS) is 23.8. The Morgan fingerprint density at radius 3 is 3.00 bits per heavy atom. The Morgan fingerprint density at radius 1 is 1.40 bits per heavy atom. The van der Waals surface area contributed by atoms with Gasteiger partial charge in [0.2, 0.25) is 0 Å². The molecule has 1 heterocycles.